The smallest absolute Gasteiger partial charge is 0.267 e. The maximum absolute atomic E-state index is 14.0. The fourth-order valence-electron chi connectivity index (χ4n) is 3.47. The maximum Gasteiger partial charge on any atom is 0.267 e. The Labute approximate surface area is 171 Å². The molecule has 0 fully saturated rings. The number of fused-ring (bicyclic) bond motifs is 1. The van der Waals surface area contributed by atoms with Crippen molar-refractivity contribution in [3.8, 4) is 10.6 Å². The van der Waals surface area contributed by atoms with Crippen molar-refractivity contribution in [3.63, 3.8) is 0 Å². The van der Waals surface area contributed by atoms with Gasteiger partial charge >= 0.3 is 0 Å². The van der Waals surface area contributed by atoms with Crippen LogP contribution in [0.4, 0.5) is 4.39 Å². The van der Waals surface area contributed by atoms with E-state index in [1.54, 1.807) is 31.2 Å². The molecule has 1 N–H and O–H groups in total. The Kier molecular flexibility index (Phi) is 5.53. The zero-order chi connectivity index (χ0) is 20.4. The van der Waals surface area contributed by atoms with Crippen LogP contribution in [0, 0.1) is 12.7 Å². The van der Waals surface area contributed by atoms with Gasteiger partial charge in [0, 0.05) is 18.2 Å². The van der Waals surface area contributed by atoms with Crippen molar-refractivity contribution in [2.45, 2.75) is 39.2 Å². The molecule has 1 aliphatic carbocycles. The van der Waals surface area contributed by atoms with Crippen LogP contribution >= 0.6 is 11.3 Å². The molecule has 0 saturated carbocycles. The number of amides is 1. The average molecular weight is 412 g/mol. The predicted octanol–water partition coefficient (Wildman–Crippen LogP) is 3.12. The second-order valence-corrected chi connectivity index (χ2v) is 8.05. The number of nitrogens with one attached hydrogen (secondary N) is 1. The summed E-state index contributed by atoms with van der Waals surface area (Å²) in [5, 5.41) is 7.74. The molecule has 0 unspecified atom stereocenters. The number of hydrogen-bond donors (Lipinski definition) is 1. The topological polar surface area (TPSA) is 76.9 Å². The Morgan fingerprint density at radius 1 is 1.28 bits per heavy atom. The summed E-state index contributed by atoms with van der Waals surface area (Å²) in [6.07, 6.45) is 3.98. The van der Waals surface area contributed by atoms with Crippen LogP contribution in [0.3, 0.4) is 0 Å². The summed E-state index contributed by atoms with van der Waals surface area (Å²) in [6, 6.07) is 8.03. The van der Waals surface area contributed by atoms with E-state index < -0.39 is 0 Å². The quantitative estimate of drug-likeness (QED) is 0.699. The van der Waals surface area contributed by atoms with E-state index in [1.165, 1.54) is 10.7 Å². The summed E-state index contributed by atoms with van der Waals surface area (Å²) in [4.78, 5) is 29.6. The monoisotopic (exact) mass is 412 g/mol. The summed E-state index contributed by atoms with van der Waals surface area (Å²) in [7, 11) is 0. The minimum atomic E-state index is -0.369. The van der Waals surface area contributed by atoms with Gasteiger partial charge < -0.3 is 5.32 Å². The van der Waals surface area contributed by atoms with Crippen molar-refractivity contribution in [1.29, 1.82) is 0 Å². The molecule has 1 aromatic carbocycles. The molecule has 8 heteroatoms. The standard InChI is InChI=1S/C21H21FN4O2S/c1-13-19(29-21(24-13)15-7-3-4-8-16(15)22)20(28)23-10-11-26-18(27)12-14-6-2-5-9-17(14)25-26/h3-4,7-8,12H,2,5-6,9-11H2,1H3,(H,23,28). The van der Waals surface area contributed by atoms with Crippen molar-refractivity contribution in [1.82, 2.24) is 20.1 Å². The number of hydrogen-bond acceptors (Lipinski definition) is 5. The van der Waals surface area contributed by atoms with E-state index >= 15 is 0 Å². The van der Waals surface area contributed by atoms with Crippen LogP contribution in [-0.2, 0) is 19.4 Å². The first-order chi connectivity index (χ1) is 14.0. The highest BCUT2D eigenvalue weighted by atomic mass is 32.1. The largest absolute Gasteiger partial charge is 0.349 e. The fourth-order valence-corrected chi connectivity index (χ4v) is 4.48. The first-order valence-electron chi connectivity index (χ1n) is 9.63. The van der Waals surface area contributed by atoms with E-state index in [0.29, 0.717) is 27.7 Å². The number of rotatable bonds is 5. The highest BCUT2D eigenvalue weighted by Crippen LogP contribution is 2.29. The molecule has 6 nitrogen and oxygen atoms in total. The van der Waals surface area contributed by atoms with Gasteiger partial charge in [-0.25, -0.2) is 14.1 Å². The van der Waals surface area contributed by atoms with Crippen LogP contribution in [0.15, 0.2) is 35.1 Å². The van der Waals surface area contributed by atoms with Gasteiger partial charge in [0.1, 0.15) is 15.7 Å². The lowest BCUT2D eigenvalue weighted by molar-refractivity contribution is 0.0955. The first kappa shape index (κ1) is 19.4. The van der Waals surface area contributed by atoms with E-state index in [0.717, 1.165) is 48.3 Å². The Hall–Kier alpha value is -2.87. The molecule has 0 atom stereocenters. The third kappa shape index (κ3) is 4.12. The molecule has 0 bridgehead atoms. The molecule has 29 heavy (non-hydrogen) atoms. The summed E-state index contributed by atoms with van der Waals surface area (Å²) >= 11 is 1.16. The number of thiazole rings is 1. The van der Waals surface area contributed by atoms with Gasteiger partial charge in [0.2, 0.25) is 0 Å². The van der Waals surface area contributed by atoms with Gasteiger partial charge in [-0.15, -0.1) is 11.3 Å². The zero-order valence-electron chi connectivity index (χ0n) is 16.1. The molecule has 3 aromatic rings. The van der Waals surface area contributed by atoms with Crippen molar-refractivity contribution in [2.75, 3.05) is 6.54 Å². The van der Waals surface area contributed by atoms with E-state index in [4.69, 9.17) is 0 Å². The lowest BCUT2D eigenvalue weighted by Crippen LogP contribution is -2.33. The number of halogens is 1. The third-order valence-electron chi connectivity index (χ3n) is 4.99. The van der Waals surface area contributed by atoms with Gasteiger partial charge in [-0.2, -0.15) is 5.10 Å². The second-order valence-electron chi connectivity index (χ2n) is 7.05. The minimum absolute atomic E-state index is 0.143. The number of aryl methyl sites for hydroxylation is 3. The Bertz CT molecular complexity index is 1120. The van der Waals surface area contributed by atoms with Gasteiger partial charge in [-0.3, -0.25) is 9.59 Å². The molecule has 4 rings (SSSR count). The van der Waals surface area contributed by atoms with Gasteiger partial charge in [-0.05, 0) is 50.3 Å². The Balaban J connectivity index is 1.43. The summed E-state index contributed by atoms with van der Waals surface area (Å²) in [6.45, 7) is 2.30. The number of benzene rings is 1. The molecule has 0 spiro atoms. The van der Waals surface area contributed by atoms with Crippen molar-refractivity contribution in [2.24, 2.45) is 0 Å². The van der Waals surface area contributed by atoms with Gasteiger partial charge in [0.05, 0.1) is 17.9 Å². The van der Waals surface area contributed by atoms with Crippen molar-refractivity contribution < 1.29 is 9.18 Å². The molecule has 0 radical (unpaired) electrons. The highest BCUT2D eigenvalue weighted by Gasteiger charge is 2.18. The minimum Gasteiger partial charge on any atom is -0.349 e. The fraction of sp³-hybridized carbons (Fsp3) is 0.333. The Morgan fingerprint density at radius 3 is 2.90 bits per heavy atom. The Morgan fingerprint density at radius 2 is 2.07 bits per heavy atom. The van der Waals surface area contributed by atoms with Crippen molar-refractivity contribution in [3.05, 3.63) is 68.3 Å². The SMILES string of the molecule is Cc1nc(-c2ccccc2F)sc1C(=O)NCCn1nc2c(cc1=O)CCCC2. The molecule has 1 aliphatic rings. The molecular formula is C21H21FN4O2S. The molecule has 2 aromatic heterocycles. The van der Waals surface area contributed by atoms with E-state index in [2.05, 4.69) is 15.4 Å². The van der Waals surface area contributed by atoms with Crippen molar-refractivity contribution >= 4 is 17.2 Å². The zero-order valence-corrected chi connectivity index (χ0v) is 16.9. The summed E-state index contributed by atoms with van der Waals surface area (Å²) in [5.74, 6) is -0.653. The summed E-state index contributed by atoms with van der Waals surface area (Å²) < 4.78 is 15.4. The molecular weight excluding hydrogens is 391 g/mol. The normalized spacial score (nSPS) is 13.2. The second kappa shape index (κ2) is 8.24. The number of carbonyl (C=O) groups is 1. The van der Waals surface area contributed by atoms with Crippen LogP contribution < -0.4 is 10.9 Å². The van der Waals surface area contributed by atoms with E-state index in [9.17, 15) is 14.0 Å². The first-order valence-corrected chi connectivity index (χ1v) is 10.4. The molecule has 1 amide bonds. The van der Waals surface area contributed by atoms with E-state index in [-0.39, 0.29) is 23.8 Å². The predicted molar refractivity (Wildman–Crippen MR) is 110 cm³/mol. The summed E-state index contributed by atoms with van der Waals surface area (Å²) in [5.41, 5.74) is 2.81. The van der Waals surface area contributed by atoms with Crippen LogP contribution in [0.1, 0.15) is 39.5 Å². The number of aromatic nitrogens is 3. The number of nitrogens with zero attached hydrogens (tertiary/aromatic N) is 3. The molecule has 2 heterocycles. The van der Waals surface area contributed by atoms with Crippen LogP contribution in [-0.4, -0.2) is 27.2 Å². The van der Waals surface area contributed by atoms with Gasteiger partial charge in [0.25, 0.3) is 11.5 Å². The lowest BCUT2D eigenvalue weighted by Gasteiger charge is -2.15. The third-order valence-corrected chi connectivity index (χ3v) is 6.18. The average Bonchev–Trinajstić information content (AvgIpc) is 3.10. The van der Waals surface area contributed by atoms with Gasteiger partial charge in [0.15, 0.2) is 0 Å². The molecule has 0 aliphatic heterocycles. The highest BCUT2D eigenvalue weighted by molar-refractivity contribution is 7.17. The van der Waals surface area contributed by atoms with Crippen LogP contribution in [0.2, 0.25) is 0 Å². The van der Waals surface area contributed by atoms with E-state index in [1.807, 2.05) is 0 Å². The maximum atomic E-state index is 14.0. The molecule has 150 valence electrons. The van der Waals surface area contributed by atoms with Gasteiger partial charge in [-0.1, -0.05) is 12.1 Å². The van der Waals surface area contributed by atoms with Crippen LogP contribution in [0.5, 0.6) is 0 Å². The van der Waals surface area contributed by atoms with Crippen LogP contribution in [0.25, 0.3) is 10.6 Å². The molecule has 0 saturated heterocycles. The number of carbonyl (C=O) groups excluding carboxylic acids is 1. The lowest BCUT2D eigenvalue weighted by atomic mass is 9.97.